The maximum absolute atomic E-state index is 13.4. The number of amides is 1. The standard InChI is InChI=1S/C24H22BrNO6/c1-29-20-11-15(12-21(30-2)24(20)31-3)23(28)18-13-16(25)9-10-19(18)26-22(27)14-32-17-7-5-4-6-8-17/h4-13H,14H2,1-3H3,(H,26,27). The molecule has 0 atom stereocenters. The van der Waals surface area contributed by atoms with E-state index in [1.807, 2.05) is 18.2 Å². The van der Waals surface area contributed by atoms with Crippen LogP contribution < -0.4 is 24.3 Å². The summed E-state index contributed by atoms with van der Waals surface area (Å²) in [6.45, 7) is -0.197. The SMILES string of the molecule is COc1cc(C(=O)c2cc(Br)ccc2NC(=O)COc2ccccc2)cc(OC)c1OC. The molecule has 0 heterocycles. The van der Waals surface area contributed by atoms with Gasteiger partial charge in [0.25, 0.3) is 5.91 Å². The number of ether oxygens (including phenoxy) is 4. The van der Waals surface area contributed by atoms with Crippen LogP contribution >= 0.6 is 15.9 Å². The van der Waals surface area contributed by atoms with Crippen LogP contribution in [0, 0.1) is 0 Å². The normalized spacial score (nSPS) is 10.2. The van der Waals surface area contributed by atoms with Crippen LogP contribution in [0.25, 0.3) is 0 Å². The third kappa shape index (κ3) is 5.39. The maximum Gasteiger partial charge on any atom is 0.262 e. The van der Waals surface area contributed by atoms with Crippen molar-refractivity contribution in [2.45, 2.75) is 0 Å². The molecule has 0 aliphatic rings. The van der Waals surface area contributed by atoms with Gasteiger partial charge in [-0.05, 0) is 42.5 Å². The first-order chi connectivity index (χ1) is 15.5. The largest absolute Gasteiger partial charge is 0.493 e. The van der Waals surface area contributed by atoms with E-state index in [2.05, 4.69) is 21.2 Å². The number of carbonyl (C=O) groups is 2. The van der Waals surface area contributed by atoms with Crippen molar-refractivity contribution < 1.29 is 28.5 Å². The van der Waals surface area contributed by atoms with E-state index in [1.54, 1.807) is 42.5 Å². The summed E-state index contributed by atoms with van der Waals surface area (Å²) in [6, 6.07) is 17.2. The molecule has 0 radical (unpaired) electrons. The van der Waals surface area contributed by atoms with E-state index < -0.39 is 5.91 Å². The predicted molar refractivity (Wildman–Crippen MR) is 124 cm³/mol. The molecule has 3 aromatic rings. The molecule has 166 valence electrons. The lowest BCUT2D eigenvalue weighted by atomic mass is 10.0. The molecule has 3 aromatic carbocycles. The highest BCUT2D eigenvalue weighted by Gasteiger charge is 2.21. The maximum atomic E-state index is 13.4. The second kappa shape index (κ2) is 10.7. The van der Waals surface area contributed by atoms with Crippen LogP contribution in [-0.2, 0) is 4.79 Å². The van der Waals surface area contributed by atoms with E-state index in [0.29, 0.717) is 44.3 Å². The lowest BCUT2D eigenvalue weighted by molar-refractivity contribution is -0.118. The van der Waals surface area contributed by atoms with E-state index in [4.69, 9.17) is 18.9 Å². The number of para-hydroxylation sites is 1. The number of hydrogen-bond donors (Lipinski definition) is 1. The van der Waals surface area contributed by atoms with Gasteiger partial charge in [0.2, 0.25) is 5.75 Å². The van der Waals surface area contributed by atoms with Crippen molar-refractivity contribution in [3.8, 4) is 23.0 Å². The van der Waals surface area contributed by atoms with Gasteiger partial charge >= 0.3 is 0 Å². The number of nitrogens with one attached hydrogen (secondary N) is 1. The van der Waals surface area contributed by atoms with Crippen LogP contribution in [-0.4, -0.2) is 39.6 Å². The van der Waals surface area contributed by atoms with Crippen LogP contribution in [0.2, 0.25) is 0 Å². The Morgan fingerprint density at radius 1 is 0.875 bits per heavy atom. The molecule has 0 aromatic heterocycles. The first-order valence-electron chi connectivity index (χ1n) is 9.58. The second-order valence-corrected chi connectivity index (χ2v) is 7.50. The van der Waals surface area contributed by atoms with E-state index in [-0.39, 0.29) is 12.4 Å². The number of rotatable bonds is 9. The molecule has 0 bridgehead atoms. The molecule has 0 saturated heterocycles. The van der Waals surface area contributed by atoms with Gasteiger partial charge in [0, 0.05) is 15.6 Å². The van der Waals surface area contributed by atoms with Gasteiger partial charge in [-0.3, -0.25) is 9.59 Å². The molecule has 0 spiro atoms. The molecule has 0 aliphatic heterocycles. The van der Waals surface area contributed by atoms with E-state index in [1.165, 1.54) is 21.3 Å². The number of anilines is 1. The van der Waals surface area contributed by atoms with Crippen molar-refractivity contribution in [1.29, 1.82) is 0 Å². The Morgan fingerprint density at radius 3 is 2.12 bits per heavy atom. The lowest BCUT2D eigenvalue weighted by Gasteiger charge is -2.15. The number of ketones is 1. The number of methoxy groups -OCH3 is 3. The van der Waals surface area contributed by atoms with Crippen molar-refractivity contribution >= 4 is 33.3 Å². The lowest BCUT2D eigenvalue weighted by Crippen LogP contribution is -2.21. The van der Waals surface area contributed by atoms with Crippen molar-refractivity contribution in [2.75, 3.05) is 33.3 Å². The fourth-order valence-electron chi connectivity index (χ4n) is 3.03. The zero-order chi connectivity index (χ0) is 23.1. The molecule has 0 unspecified atom stereocenters. The average molecular weight is 500 g/mol. The quantitative estimate of drug-likeness (QED) is 0.428. The van der Waals surface area contributed by atoms with Crippen molar-refractivity contribution in [1.82, 2.24) is 0 Å². The summed E-state index contributed by atoms with van der Waals surface area (Å²) in [7, 11) is 4.44. The fourth-order valence-corrected chi connectivity index (χ4v) is 3.39. The van der Waals surface area contributed by atoms with E-state index >= 15 is 0 Å². The highest BCUT2D eigenvalue weighted by atomic mass is 79.9. The Morgan fingerprint density at radius 2 is 1.53 bits per heavy atom. The molecule has 32 heavy (non-hydrogen) atoms. The summed E-state index contributed by atoms with van der Waals surface area (Å²) >= 11 is 3.38. The average Bonchev–Trinajstić information content (AvgIpc) is 2.83. The summed E-state index contributed by atoms with van der Waals surface area (Å²) in [5.41, 5.74) is 0.962. The van der Waals surface area contributed by atoms with Crippen molar-refractivity contribution in [2.24, 2.45) is 0 Å². The Balaban J connectivity index is 1.87. The van der Waals surface area contributed by atoms with Gasteiger partial charge in [-0.25, -0.2) is 0 Å². The molecule has 8 heteroatoms. The van der Waals surface area contributed by atoms with E-state index in [9.17, 15) is 9.59 Å². The molecule has 7 nitrogen and oxygen atoms in total. The third-order valence-electron chi connectivity index (χ3n) is 4.54. The highest BCUT2D eigenvalue weighted by molar-refractivity contribution is 9.10. The third-order valence-corrected chi connectivity index (χ3v) is 5.03. The molecule has 0 fully saturated rings. The molecular formula is C24H22BrNO6. The van der Waals surface area contributed by atoms with Gasteiger partial charge in [0.1, 0.15) is 5.75 Å². The summed E-state index contributed by atoms with van der Waals surface area (Å²) in [5.74, 6) is 0.943. The van der Waals surface area contributed by atoms with Gasteiger partial charge in [-0.1, -0.05) is 34.1 Å². The van der Waals surface area contributed by atoms with Gasteiger partial charge in [-0.2, -0.15) is 0 Å². The summed E-state index contributed by atoms with van der Waals surface area (Å²) < 4.78 is 22.2. The molecule has 3 rings (SSSR count). The minimum absolute atomic E-state index is 0.197. The van der Waals surface area contributed by atoms with Crippen LogP contribution in [0.3, 0.4) is 0 Å². The van der Waals surface area contributed by atoms with Crippen molar-refractivity contribution in [3.63, 3.8) is 0 Å². The predicted octanol–water partition coefficient (Wildman–Crippen LogP) is 4.72. The summed E-state index contributed by atoms with van der Waals surface area (Å²) in [6.07, 6.45) is 0. The summed E-state index contributed by atoms with van der Waals surface area (Å²) in [4.78, 5) is 25.8. The number of carbonyl (C=O) groups excluding carboxylic acids is 2. The molecular weight excluding hydrogens is 478 g/mol. The number of hydrogen-bond acceptors (Lipinski definition) is 6. The van der Waals surface area contributed by atoms with Gasteiger partial charge in [-0.15, -0.1) is 0 Å². The zero-order valence-corrected chi connectivity index (χ0v) is 19.4. The Hall–Kier alpha value is -3.52. The van der Waals surface area contributed by atoms with Crippen LogP contribution in [0.4, 0.5) is 5.69 Å². The molecule has 1 amide bonds. The van der Waals surface area contributed by atoms with Gasteiger partial charge in [0.15, 0.2) is 23.9 Å². The first kappa shape index (κ1) is 23.1. The molecule has 0 aliphatic carbocycles. The fraction of sp³-hybridized carbons (Fsp3) is 0.167. The number of halogens is 1. The van der Waals surface area contributed by atoms with Crippen LogP contribution in [0.15, 0.2) is 65.1 Å². The monoisotopic (exact) mass is 499 g/mol. The Bertz CT molecular complexity index is 1090. The number of benzene rings is 3. The Labute approximate surface area is 194 Å². The smallest absolute Gasteiger partial charge is 0.262 e. The zero-order valence-electron chi connectivity index (χ0n) is 17.8. The highest BCUT2D eigenvalue weighted by Crippen LogP contribution is 2.39. The summed E-state index contributed by atoms with van der Waals surface area (Å²) in [5, 5.41) is 2.75. The second-order valence-electron chi connectivity index (χ2n) is 6.58. The van der Waals surface area contributed by atoms with Gasteiger partial charge < -0.3 is 24.3 Å². The topological polar surface area (TPSA) is 83.1 Å². The van der Waals surface area contributed by atoms with Crippen LogP contribution in [0.5, 0.6) is 23.0 Å². The Kier molecular flexibility index (Phi) is 7.72. The first-order valence-corrected chi connectivity index (χ1v) is 10.4. The minimum Gasteiger partial charge on any atom is -0.493 e. The molecule has 1 N–H and O–H groups in total. The van der Waals surface area contributed by atoms with Crippen molar-refractivity contribution in [3.05, 3.63) is 76.3 Å². The van der Waals surface area contributed by atoms with Gasteiger partial charge in [0.05, 0.1) is 27.0 Å². The van der Waals surface area contributed by atoms with E-state index in [0.717, 1.165) is 0 Å². The van der Waals surface area contributed by atoms with Crippen LogP contribution in [0.1, 0.15) is 15.9 Å². The molecule has 0 saturated carbocycles. The minimum atomic E-state index is -0.393.